The van der Waals surface area contributed by atoms with Crippen LogP contribution in [-0.2, 0) is 14.8 Å². The van der Waals surface area contributed by atoms with Crippen LogP contribution in [0.3, 0.4) is 0 Å². The first kappa shape index (κ1) is 18.1. The summed E-state index contributed by atoms with van der Waals surface area (Å²) in [5.41, 5.74) is 0.899. The van der Waals surface area contributed by atoms with Crippen molar-refractivity contribution >= 4 is 38.9 Å². The summed E-state index contributed by atoms with van der Waals surface area (Å²) >= 11 is 1.13. The van der Waals surface area contributed by atoms with Gasteiger partial charge in [-0.2, -0.15) is 0 Å². The molecule has 0 aliphatic carbocycles. The number of carbonyl (C=O) groups excluding carboxylic acids is 2. The summed E-state index contributed by atoms with van der Waals surface area (Å²) in [5, 5.41) is 6.89. The Morgan fingerprint density at radius 1 is 1.12 bits per heavy atom. The Morgan fingerprint density at radius 3 is 2.58 bits per heavy atom. The summed E-state index contributed by atoms with van der Waals surface area (Å²) in [7, 11) is -3.53. The van der Waals surface area contributed by atoms with E-state index in [0.717, 1.165) is 11.3 Å². The minimum absolute atomic E-state index is 0.0807. The van der Waals surface area contributed by atoms with Crippen molar-refractivity contribution < 1.29 is 18.0 Å². The number of benzene rings is 1. The highest BCUT2D eigenvalue weighted by Crippen LogP contribution is 2.14. The number of rotatable bonds is 7. The fraction of sp³-hybridized carbons (Fsp3) is 0.200. The molecule has 1 aromatic heterocycles. The molecule has 2 amide bonds. The van der Waals surface area contributed by atoms with Gasteiger partial charge in [0.1, 0.15) is 4.21 Å². The van der Waals surface area contributed by atoms with Gasteiger partial charge in [-0.3, -0.25) is 9.59 Å². The zero-order chi connectivity index (χ0) is 17.6. The van der Waals surface area contributed by atoms with Crippen molar-refractivity contribution in [2.75, 3.05) is 18.4 Å². The average molecular weight is 367 g/mol. The first-order chi connectivity index (χ1) is 11.4. The molecule has 7 nitrogen and oxygen atoms in total. The van der Waals surface area contributed by atoms with Gasteiger partial charge in [-0.05, 0) is 29.6 Å². The molecule has 0 radical (unpaired) electrons. The maximum atomic E-state index is 12.0. The Hall–Kier alpha value is -2.23. The Morgan fingerprint density at radius 2 is 1.92 bits per heavy atom. The number of hydrogen-bond donors (Lipinski definition) is 3. The maximum absolute atomic E-state index is 12.0. The summed E-state index contributed by atoms with van der Waals surface area (Å²) in [4.78, 5) is 23.1. The number of carbonyl (C=O) groups is 2. The predicted octanol–water partition coefficient (Wildman–Crippen LogP) is 1.41. The Labute approximate surface area is 144 Å². The molecule has 0 spiro atoms. The number of amides is 2. The molecule has 128 valence electrons. The largest absolute Gasteiger partial charge is 0.351 e. The second-order valence-corrected chi connectivity index (χ2v) is 7.79. The van der Waals surface area contributed by atoms with Crippen molar-refractivity contribution in [3.8, 4) is 0 Å². The molecule has 24 heavy (non-hydrogen) atoms. The highest BCUT2D eigenvalue weighted by molar-refractivity contribution is 7.91. The van der Waals surface area contributed by atoms with Crippen molar-refractivity contribution in [1.82, 2.24) is 10.0 Å². The molecule has 0 aliphatic heterocycles. The van der Waals surface area contributed by atoms with Crippen LogP contribution in [0.2, 0.25) is 0 Å². The van der Waals surface area contributed by atoms with Crippen LogP contribution in [0.25, 0.3) is 0 Å². The fourth-order valence-corrected chi connectivity index (χ4v) is 3.96. The summed E-state index contributed by atoms with van der Waals surface area (Å²) in [6.07, 6.45) is 0. The molecule has 3 N–H and O–H groups in total. The normalized spacial score (nSPS) is 11.0. The van der Waals surface area contributed by atoms with E-state index >= 15 is 0 Å². The van der Waals surface area contributed by atoms with E-state index in [2.05, 4.69) is 15.4 Å². The molecule has 0 saturated carbocycles. The molecule has 2 aromatic rings. The van der Waals surface area contributed by atoms with Crippen LogP contribution in [-0.4, -0.2) is 33.3 Å². The van der Waals surface area contributed by atoms with Gasteiger partial charge in [0.2, 0.25) is 15.9 Å². The van der Waals surface area contributed by atoms with E-state index < -0.39 is 10.0 Å². The molecule has 2 rings (SSSR count). The van der Waals surface area contributed by atoms with E-state index in [1.807, 2.05) is 0 Å². The first-order valence-corrected chi connectivity index (χ1v) is 9.44. The zero-order valence-electron chi connectivity index (χ0n) is 12.9. The van der Waals surface area contributed by atoms with E-state index in [1.165, 1.54) is 13.0 Å². The lowest BCUT2D eigenvalue weighted by Crippen LogP contribution is -2.34. The molecule has 0 bridgehead atoms. The fourth-order valence-electron chi connectivity index (χ4n) is 1.89. The molecule has 0 saturated heterocycles. The van der Waals surface area contributed by atoms with E-state index in [1.54, 1.807) is 35.7 Å². The topological polar surface area (TPSA) is 104 Å². The van der Waals surface area contributed by atoms with Gasteiger partial charge in [0.25, 0.3) is 5.91 Å². The van der Waals surface area contributed by atoms with Crippen molar-refractivity contribution in [1.29, 1.82) is 0 Å². The summed E-state index contributed by atoms with van der Waals surface area (Å²) in [6.45, 7) is 1.61. The van der Waals surface area contributed by atoms with Gasteiger partial charge in [0.15, 0.2) is 0 Å². The van der Waals surface area contributed by atoms with Crippen molar-refractivity contribution in [2.24, 2.45) is 0 Å². The summed E-state index contributed by atoms with van der Waals surface area (Å²) < 4.78 is 26.5. The van der Waals surface area contributed by atoms with Crippen LogP contribution in [0.5, 0.6) is 0 Å². The third-order valence-corrected chi connectivity index (χ3v) is 5.77. The third-order valence-electron chi connectivity index (χ3n) is 2.91. The van der Waals surface area contributed by atoms with E-state index in [0.29, 0.717) is 11.3 Å². The minimum atomic E-state index is -3.53. The predicted molar refractivity (Wildman–Crippen MR) is 92.6 cm³/mol. The zero-order valence-corrected chi connectivity index (χ0v) is 14.5. The quantitative estimate of drug-likeness (QED) is 0.644. The highest BCUT2D eigenvalue weighted by atomic mass is 32.2. The Balaban J connectivity index is 1.84. The van der Waals surface area contributed by atoms with Crippen molar-refractivity contribution in [3.63, 3.8) is 0 Å². The molecule has 0 aliphatic rings. The van der Waals surface area contributed by atoms with Crippen LogP contribution in [0.4, 0.5) is 5.69 Å². The summed E-state index contributed by atoms with van der Waals surface area (Å²) in [5.74, 6) is -0.576. The van der Waals surface area contributed by atoms with Gasteiger partial charge in [-0.1, -0.05) is 12.1 Å². The first-order valence-electron chi connectivity index (χ1n) is 7.07. The Kier molecular flexibility index (Phi) is 6.07. The number of nitrogens with one attached hydrogen (secondary N) is 3. The molecule has 1 aromatic carbocycles. The van der Waals surface area contributed by atoms with Crippen molar-refractivity contribution in [2.45, 2.75) is 11.1 Å². The maximum Gasteiger partial charge on any atom is 0.251 e. The average Bonchev–Trinajstić information content (AvgIpc) is 3.06. The van der Waals surface area contributed by atoms with Gasteiger partial charge in [-0.15, -0.1) is 11.3 Å². The smallest absolute Gasteiger partial charge is 0.251 e. The molecule has 1 heterocycles. The number of thiophene rings is 1. The van der Waals surface area contributed by atoms with E-state index in [9.17, 15) is 18.0 Å². The molecular formula is C15H17N3O4S2. The number of anilines is 1. The molecule has 0 atom stereocenters. The van der Waals surface area contributed by atoms with Gasteiger partial charge >= 0.3 is 0 Å². The van der Waals surface area contributed by atoms with Crippen LogP contribution in [0.1, 0.15) is 17.3 Å². The number of sulfonamides is 1. The van der Waals surface area contributed by atoms with E-state index in [-0.39, 0.29) is 29.1 Å². The van der Waals surface area contributed by atoms with Crippen LogP contribution >= 0.6 is 11.3 Å². The molecule has 0 unspecified atom stereocenters. The van der Waals surface area contributed by atoms with Gasteiger partial charge in [-0.25, -0.2) is 13.1 Å². The lowest BCUT2D eigenvalue weighted by molar-refractivity contribution is -0.114. The second-order valence-electron chi connectivity index (χ2n) is 4.85. The Bertz CT molecular complexity index is 817. The molecule has 0 fully saturated rings. The monoisotopic (exact) mass is 367 g/mol. The lowest BCUT2D eigenvalue weighted by atomic mass is 10.2. The number of hydrogen-bond acceptors (Lipinski definition) is 5. The molecular weight excluding hydrogens is 350 g/mol. The van der Waals surface area contributed by atoms with Gasteiger partial charge in [0, 0.05) is 31.3 Å². The van der Waals surface area contributed by atoms with Crippen LogP contribution < -0.4 is 15.4 Å². The highest BCUT2D eigenvalue weighted by Gasteiger charge is 2.14. The van der Waals surface area contributed by atoms with E-state index in [4.69, 9.17) is 0 Å². The molecule has 9 heteroatoms. The van der Waals surface area contributed by atoms with Crippen LogP contribution in [0, 0.1) is 0 Å². The summed E-state index contributed by atoms with van der Waals surface area (Å²) in [6, 6.07) is 9.65. The third kappa shape index (κ3) is 5.15. The minimum Gasteiger partial charge on any atom is -0.351 e. The van der Waals surface area contributed by atoms with Gasteiger partial charge in [0.05, 0.1) is 0 Å². The van der Waals surface area contributed by atoms with Crippen molar-refractivity contribution in [3.05, 3.63) is 47.3 Å². The second kappa shape index (κ2) is 8.04. The van der Waals surface area contributed by atoms with Gasteiger partial charge < -0.3 is 10.6 Å². The standard InChI is InChI=1S/C15H17N3O4S2/c1-11(19)18-13-5-2-4-12(10-13)15(20)16-7-8-17-24(21,22)14-6-3-9-23-14/h2-6,9-10,17H,7-8H2,1H3,(H,16,20)(H,18,19). The van der Waals surface area contributed by atoms with Crippen LogP contribution in [0.15, 0.2) is 46.0 Å². The lowest BCUT2D eigenvalue weighted by Gasteiger charge is -2.08. The SMILES string of the molecule is CC(=O)Nc1cccc(C(=O)NCCNS(=O)(=O)c2cccs2)c1.